The van der Waals surface area contributed by atoms with Crippen molar-refractivity contribution in [3.8, 4) is 5.75 Å². The first-order valence-electron chi connectivity index (χ1n) is 6.64. The molecule has 1 rings (SSSR count). The molecule has 0 saturated heterocycles. The van der Waals surface area contributed by atoms with Crippen molar-refractivity contribution in [2.45, 2.75) is 44.6 Å². The molecular weight excluding hydrogens is 348 g/mol. The van der Waals surface area contributed by atoms with E-state index in [0.717, 1.165) is 7.11 Å². The second kappa shape index (κ2) is 8.10. The third kappa shape index (κ3) is 5.46. The molecule has 1 aromatic rings. The van der Waals surface area contributed by atoms with Gasteiger partial charge in [-0.2, -0.15) is 26.3 Å². The van der Waals surface area contributed by atoms with Crippen LogP contribution in [0.15, 0.2) is 12.1 Å². The second-order valence-electron chi connectivity index (χ2n) is 4.88. The number of unbranched alkanes of at least 4 members (excludes halogenated alkanes) is 1. The zero-order valence-corrected chi connectivity index (χ0v) is 13.3. The Bertz CT molecular complexity index is 515. The predicted octanol–water partition coefficient (Wildman–Crippen LogP) is 5.34. The quantitative estimate of drug-likeness (QED) is 0.714. The van der Waals surface area contributed by atoms with E-state index in [9.17, 15) is 26.3 Å². The Kier molecular flexibility index (Phi) is 7.69. The van der Waals surface area contributed by atoms with Crippen LogP contribution in [-0.2, 0) is 12.4 Å². The van der Waals surface area contributed by atoms with Crippen molar-refractivity contribution >= 4 is 12.4 Å². The summed E-state index contributed by atoms with van der Waals surface area (Å²) in [5, 5.41) is 0. The topological polar surface area (TPSA) is 35.2 Å². The van der Waals surface area contributed by atoms with Gasteiger partial charge in [0.05, 0.1) is 18.2 Å². The van der Waals surface area contributed by atoms with Gasteiger partial charge in [-0.05, 0) is 18.6 Å². The molecular formula is C14H18ClF6NO. The first-order valence-corrected chi connectivity index (χ1v) is 6.64. The summed E-state index contributed by atoms with van der Waals surface area (Å²) < 4.78 is 82.4. The summed E-state index contributed by atoms with van der Waals surface area (Å²) in [6, 6.07) is -0.408. The highest BCUT2D eigenvalue weighted by molar-refractivity contribution is 5.85. The molecule has 1 aromatic carbocycles. The Labute approximate surface area is 136 Å². The first kappa shape index (κ1) is 21.9. The van der Waals surface area contributed by atoms with Gasteiger partial charge in [0, 0.05) is 11.6 Å². The second-order valence-corrected chi connectivity index (χ2v) is 4.88. The summed E-state index contributed by atoms with van der Waals surface area (Å²) >= 11 is 0. The van der Waals surface area contributed by atoms with Crippen molar-refractivity contribution < 1.29 is 31.1 Å². The van der Waals surface area contributed by atoms with E-state index in [1.807, 2.05) is 6.92 Å². The smallest absolute Gasteiger partial charge is 0.416 e. The highest BCUT2D eigenvalue weighted by Crippen LogP contribution is 2.43. The number of benzene rings is 1. The number of nitrogens with two attached hydrogens (primary N) is 1. The van der Waals surface area contributed by atoms with Crippen LogP contribution in [0.2, 0.25) is 0 Å². The van der Waals surface area contributed by atoms with E-state index in [1.165, 1.54) is 0 Å². The highest BCUT2D eigenvalue weighted by atomic mass is 35.5. The average molecular weight is 366 g/mol. The van der Waals surface area contributed by atoms with E-state index >= 15 is 0 Å². The lowest BCUT2D eigenvalue weighted by molar-refractivity contribution is -0.143. The molecule has 0 aromatic heterocycles. The molecule has 0 heterocycles. The molecule has 0 radical (unpaired) electrons. The summed E-state index contributed by atoms with van der Waals surface area (Å²) in [5.74, 6) is -0.495. The third-order valence-electron chi connectivity index (χ3n) is 3.23. The van der Waals surface area contributed by atoms with E-state index in [0.29, 0.717) is 18.9 Å². The van der Waals surface area contributed by atoms with E-state index in [4.69, 9.17) is 10.5 Å². The van der Waals surface area contributed by atoms with Crippen LogP contribution in [0.5, 0.6) is 5.75 Å². The van der Waals surface area contributed by atoms with Crippen LogP contribution in [0.1, 0.15) is 48.9 Å². The number of halogens is 7. The maximum absolute atomic E-state index is 13.1. The molecule has 0 unspecified atom stereocenters. The van der Waals surface area contributed by atoms with Gasteiger partial charge in [-0.3, -0.25) is 0 Å². The molecule has 134 valence electrons. The van der Waals surface area contributed by atoms with Gasteiger partial charge in [0.15, 0.2) is 0 Å². The van der Waals surface area contributed by atoms with Crippen molar-refractivity contribution in [1.29, 1.82) is 0 Å². The van der Waals surface area contributed by atoms with E-state index in [1.54, 1.807) is 0 Å². The fraction of sp³-hybridized carbons (Fsp3) is 0.571. The van der Waals surface area contributed by atoms with Crippen molar-refractivity contribution in [3.63, 3.8) is 0 Å². The molecule has 0 fully saturated rings. The molecule has 23 heavy (non-hydrogen) atoms. The molecule has 9 heteroatoms. The van der Waals surface area contributed by atoms with Crippen LogP contribution >= 0.6 is 12.4 Å². The van der Waals surface area contributed by atoms with Gasteiger partial charge < -0.3 is 10.5 Å². The lowest BCUT2D eigenvalue weighted by Gasteiger charge is -2.23. The molecule has 2 nitrogen and oxygen atoms in total. The monoisotopic (exact) mass is 365 g/mol. The fourth-order valence-electron chi connectivity index (χ4n) is 2.14. The number of methoxy groups -OCH3 is 1. The Morgan fingerprint density at radius 3 is 2.04 bits per heavy atom. The Hall–Kier alpha value is -1.15. The number of rotatable bonds is 5. The zero-order valence-electron chi connectivity index (χ0n) is 12.5. The maximum Gasteiger partial charge on any atom is 0.416 e. The van der Waals surface area contributed by atoms with Crippen LogP contribution in [0.4, 0.5) is 26.3 Å². The predicted molar refractivity (Wildman–Crippen MR) is 76.7 cm³/mol. The molecule has 0 aliphatic rings. The van der Waals surface area contributed by atoms with Crippen LogP contribution in [0, 0.1) is 0 Å². The molecule has 0 spiro atoms. The first-order chi connectivity index (χ1) is 10.0. The Morgan fingerprint density at radius 1 is 1.09 bits per heavy atom. The molecule has 0 saturated carbocycles. The molecule has 0 bridgehead atoms. The molecule has 1 atom stereocenters. The lowest BCUT2D eigenvalue weighted by atomic mass is 9.93. The van der Waals surface area contributed by atoms with Crippen molar-refractivity contribution in [2.24, 2.45) is 5.73 Å². The van der Waals surface area contributed by atoms with Crippen molar-refractivity contribution in [1.82, 2.24) is 0 Å². The van der Waals surface area contributed by atoms with Gasteiger partial charge in [0.25, 0.3) is 0 Å². The van der Waals surface area contributed by atoms with Crippen LogP contribution in [-0.4, -0.2) is 7.11 Å². The maximum atomic E-state index is 13.1. The van der Waals surface area contributed by atoms with Gasteiger partial charge in [0.1, 0.15) is 5.75 Å². The fourth-order valence-corrected chi connectivity index (χ4v) is 2.14. The van der Waals surface area contributed by atoms with E-state index in [2.05, 4.69) is 0 Å². The third-order valence-corrected chi connectivity index (χ3v) is 3.23. The highest BCUT2D eigenvalue weighted by Gasteiger charge is 2.40. The van der Waals surface area contributed by atoms with Crippen molar-refractivity contribution in [2.75, 3.05) is 7.11 Å². The molecule has 0 aliphatic heterocycles. The van der Waals surface area contributed by atoms with Gasteiger partial charge in [-0.1, -0.05) is 19.8 Å². The summed E-state index contributed by atoms with van der Waals surface area (Å²) in [7, 11) is 1.02. The number of hydrogen-bond acceptors (Lipinski definition) is 2. The average Bonchev–Trinajstić information content (AvgIpc) is 2.41. The van der Waals surface area contributed by atoms with Crippen LogP contribution < -0.4 is 10.5 Å². The molecule has 0 aliphatic carbocycles. The largest absolute Gasteiger partial charge is 0.496 e. The van der Waals surface area contributed by atoms with Crippen molar-refractivity contribution in [3.05, 3.63) is 28.8 Å². The van der Waals surface area contributed by atoms with E-state index in [-0.39, 0.29) is 24.9 Å². The van der Waals surface area contributed by atoms with E-state index < -0.39 is 40.8 Å². The normalized spacial score (nSPS) is 13.4. The molecule has 2 N–H and O–H groups in total. The van der Waals surface area contributed by atoms with Crippen LogP contribution in [0.3, 0.4) is 0 Å². The standard InChI is InChI=1S/C14H17F6NO.ClH/c1-3-4-5-10(21)12-9(14(18,19)20)6-8(13(15,16)17)7-11(12)22-2;/h6-7,10H,3-5,21H2,1-2H3;1H/t10-;/m1./s1. The summed E-state index contributed by atoms with van der Waals surface area (Å²) in [6.45, 7) is 1.83. The van der Waals surface area contributed by atoms with Gasteiger partial charge in [-0.15, -0.1) is 12.4 Å². The number of alkyl halides is 6. The number of hydrogen-bond donors (Lipinski definition) is 1. The zero-order chi connectivity index (χ0) is 17.1. The van der Waals surface area contributed by atoms with Crippen LogP contribution in [0.25, 0.3) is 0 Å². The Morgan fingerprint density at radius 2 is 1.65 bits per heavy atom. The van der Waals surface area contributed by atoms with Gasteiger partial charge in [-0.25, -0.2) is 0 Å². The molecule has 0 amide bonds. The van der Waals surface area contributed by atoms with Gasteiger partial charge in [0.2, 0.25) is 0 Å². The van der Waals surface area contributed by atoms with Gasteiger partial charge >= 0.3 is 12.4 Å². The minimum absolute atomic E-state index is 0. The number of ether oxygens (including phenoxy) is 1. The Balaban J connectivity index is 0.00000484. The summed E-state index contributed by atoms with van der Waals surface area (Å²) in [4.78, 5) is 0. The summed E-state index contributed by atoms with van der Waals surface area (Å²) in [6.07, 6.45) is -8.37. The SMILES string of the molecule is CCCC[C@@H](N)c1c(OC)cc(C(F)(F)F)cc1C(F)(F)F.Cl. The minimum atomic E-state index is -4.95. The summed E-state index contributed by atoms with van der Waals surface area (Å²) in [5.41, 5.74) is 2.51. The minimum Gasteiger partial charge on any atom is -0.496 e. The lowest BCUT2D eigenvalue weighted by Crippen LogP contribution is -2.20.